The Kier molecular flexibility index (Phi) is 5.72. The van der Waals surface area contributed by atoms with E-state index in [9.17, 15) is 32.3 Å². The van der Waals surface area contributed by atoms with E-state index in [2.05, 4.69) is 10.3 Å². The van der Waals surface area contributed by atoms with Gasteiger partial charge >= 0.3 is 12.1 Å². The first-order valence-corrected chi connectivity index (χ1v) is 9.06. The molecule has 0 atom stereocenters. The van der Waals surface area contributed by atoms with Crippen molar-refractivity contribution in [1.82, 2.24) is 9.88 Å². The maximum Gasteiger partial charge on any atom is 0.416 e. The first-order chi connectivity index (χ1) is 14.4. The molecule has 3 amide bonds. The summed E-state index contributed by atoms with van der Waals surface area (Å²) in [5, 5.41) is 10.9. The molecule has 0 saturated heterocycles. The molecular weight excluding hydrogens is 443 g/mol. The Morgan fingerprint density at radius 3 is 2.26 bits per heavy atom. The van der Waals surface area contributed by atoms with Gasteiger partial charge in [-0.1, -0.05) is 11.6 Å². The third kappa shape index (κ3) is 4.22. The Bertz CT molecular complexity index is 1120. The van der Waals surface area contributed by atoms with Crippen molar-refractivity contribution in [3.05, 3.63) is 57.4 Å². The average molecular weight is 456 g/mol. The molecule has 0 saturated carbocycles. The zero-order valence-electron chi connectivity index (χ0n) is 15.7. The minimum absolute atomic E-state index is 0.0882. The molecule has 2 heterocycles. The third-order valence-electron chi connectivity index (χ3n) is 4.51. The summed E-state index contributed by atoms with van der Waals surface area (Å²) in [5.41, 5.74) is -1.66. The van der Waals surface area contributed by atoms with Crippen molar-refractivity contribution in [1.29, 1.82) is 0 Å². The van der Waals surface area contributed by atoms with Gasteiger partial charge in [-0.05, 0) is 31.2 Å². The van der Waals surface area contributed by atoms with Gasteiger partial charge in [-0.25, -0.2) is 4.98 Å². The molecule has 0 unspecified atom stereocenters. The van der Waals surface area contributed by atoms with E-state index in [1.165, 1.54) is 6.92 Å². The maximum absolute atomic E-state index is 12.8. The van der Waals surface area contributed by atoms with Gasteiger partial charge in [-0.15, -0.1) is 0 Å². The lowest BCUT2D eigenvalue weighted by Crippen LogP contribution is -2.32. The highest BCUT2D eigenvalue weighted by Crippen LogP contribution is 2.36. The number of fused-ring (bicyclic) bond motifs is 1. The van der Waals surface area contributed by atoms with Crippen molar-refractivity contribution in [3.63, 3.8) is 0 Å². The lowest BCUT2D eigenvalue weighted by Gasteiger charge is -2.13. The second-order valence-electron chi connectivity index (χ2n) is 6.55. The van der Waals surface area contributed by atoms with Crippen LogP contribution in [0, 0.1) is 6.92 Å². The van der Waals surface area contributed by atoms with E-state index >= 15 is 0 Å². The number of anilines is 1. The minimum Gasteiger partial charge on any atom is -0.481 e. The van der Waals surface area contributed by atoms with Gasteiger partial charge in [0.15, 0.2) is 0 Å². The Hall–Kier alpha value is -3.47. The van der Waals surface area contributed by atoms with Crippen molar-refractivity contribution >= 4 is 41.0 Å². The van der Waals surface area contributed by atoms with Gasteiger partial charge in [0.1, 0.15) is 5.15 Å². The number of aryl methyl sites for hydroxylation is 1. The molecule has 31 heavy (non-hydrogen) atoms. The molecule has 0 radical (unpaired) electrons. The number of carbonyl (C=O) groups excluding carboxylic acids is 3. The fraction of sp³-hybridized carbons (Fsp3) is 0.211. The number of nitrogens with one attached hydrogen (secondary N) is 1. The number of hydrogen-bond donors (Lipinski definition) is 2. The molecule has 3 rings (SSSR count). The Morgan fingerprint density at radius 1 is 1.13 bits per heavy atom. The molecule has 0 aliphatic carbocycles. The fourth-order valence-electron chi connectivity index (χ4n) is 3.00. The number of aliphatic carboxylic acids is 1. The normalized spacial score (nSPS) is 13.4. The van der Waals surface area contributed by atoms with E-state index in [0.717, 1.165) is 24.3 Å². The largest absolute Gasteiger partial charge is 0.481 e. The van der Waals surface area contributed by atoms with Crippen LogP contribution in [0.4, 0.5) is 18.9 Å². The van der Waals surface area contributed by atoms with Gasteiger partial charge in [-0.2, -0.15) is 13.2 Å². The van der Waals surface area contributed by atoms with E-state index in [1.54, 1.807) is 0 Å². The third-order valence-corrected chi connectivity index (χ3v) is 4.79. The second-order valence-corrected chi connectivity index (χ2v) is 6.91. The molecule has 0 spiro atoms. The van der Waals surface area contributed by atoms with Crippen molar-refractivity contribution < 1.29 is 37.5 Å². The minimum atomic E-state index is -4.57. The molecule has 2 aromatic rings. The summed E-state index contributed by atoms with van der Waals surface area (Å²) in [4.78, 5) is 53.3. The number of imide groups is 1. The summed E-state index contributed by atoms with van der Waals surface area (Å²) >= 11 is 6.00. The van der Waals surface area contributed by atoms with Gasteiger partial charge in [0.25, 0.3) is 17.7 Å². The van der Waals surface area contributed by atoms with Gasteiger partial charge < -0.3 is 10.4 Å². The van der Waals surface area contributed by atoms with E-state index in [0.29, 0.717) is 4.90 Å². The number of amides is 3. The highest BCUT2D eigenvalue weighted by atomic mass is 35.5. The number of rotatable bonds is 5. The zero-order chi connectivity index (χ0) is 23.1. The molecule has 8 nitrogen and oxygen atoms in total. The molecule has 0 bridgehead atoms. The van der Waals surface area contributed by atoms with Crippen molar-refractivity contribution in [2.24, 2.45) is 0 Å². The quantitative estimate of drug-likeness (QED) is 0.527. The van der Waals surface area contributed by atoms with E-state index in [1.807, 2.05) is 0 Å². The van der Waals surface area contributed by atoms with Crippen molar-refractivity contribution in [3.8, 4) is 0 Å². The summed E-state index contributed by atoms with van der Waals surface area (Å²) < 4.78 is 38.1. The topological polar surface area (TPSA) is 117 Å². The molecule has 2 N–H and O–H groups in total. The summed E-state index contributed by atoms with van der Waals surface area (Å²) in [6.45, 7) is 0.996. The Labute approximate surface area is 177 Å². The van der Waals surface area contributed by atoms with Crippen LogP contribution in [0.5, 0.6) is 0 Å². The number of hydrogen-bond acceptors (Lipinski definition) is 5. The number of aromatic nitrogens is 1. The van der Waals surface area contributed by atoms with Gasteiger partial charge in [0.05, 0.1) is 34.5 Å². The van der Waals surface area contributed by atoms with Crippen LogP contribution in [0.1, 0.15) is 48.8 Å². The highest BCUT2D eigenvalue weighted by molar-refractivity contribution is 6.37. The van der Waals surface area contributed by atoms with Gasteiger partial charge in [0.2, 0.25) is 0 Å². The number of carbonyl (C=O) groups is 4. The standard InChI is InChI=1S/C19H13ClF3N3O5/c1-8-14(25-16(29)9-2-4-10(5-3-9)19(21,22)23)12-13(15(20)24-8)18(31)26(17(12)30)7-6-11(27)28/h2-5H,6-7H2,1H3,(H,25,29)(H,27,28). The van der Waals surface area contributed by atoms with E-state index in [4.69, 9.17) is 16.7 Å². The summed E-state index contributed by atoms with van der Waals surface area (Å²) in [7, 11) is 0. The van der Waals surface area contributed by atoms with Gasteiger partial charge in [0, 0.05) is 12.1 Å². The highest BCUT2D eigenvalue weighted by Gasteiger charge is 2.41. The molecule has 1 aromatic carbocycles. The van der Waals surface area contributed by atoms with E-state index < -0.39 is 48.4 Å². The molecule has 162 valence electrons. The number of nitrogens with zero attached hydrogens (tertiary/aromatic N) is 2. The maximum atomic E-state index is 12.8. The predicted molar refractivity (Wildman–Crippen MR) is 101 cm³/mol. The van der Waals surface area contributed by atoms with Crippen molar-refractivity contribution in [2.45, 2.75) is 19.5 Å². The first-order valence-electron chi connectivity index (χ1n) is 8.68. The van der Waals surface area contributed by atoms with Crippen LogP contribution in [-0.2, 0) is 11.0 Å². The SMILES string of the molecule is Cc1nc(Cl)c2c(c1NC(=O)c1ccc(C(F)(F)F)cc1)C(=O)N(CCC(=O)O)C2=O. The van der Waals surface area contributed by atoms with E-state index in [-0.39, 0.29) is 33.2 Å². The average Bonchev–Trinajstić information content (AvgIpc) is 2.93. The fourth-order valence-corrected chi connectivity index (χ4v) is 3.30. The van der Waals surface area contributed by atoms with Crippen molar-refractivity contribution in [2.75, 3.05) is 11.9 Å². The summed E-state index contributed by atoms with van der Waals surface area (Å²) in [6.07, 6.45) is -5.07. The van der Waals surface area contributed by atoms with Crippen LogP contribution >= 0.6 is 11.6 Å². The van der Waals surface area contributed by atoms with Crippen LogP contribution in [-0.4, -0.2) is 45.2 Å². The molecule has 1 aliphatic heterocycles. The lowest BCUT2D eigenvalue weighted by atomic mass is 10.1. The molecular formula is C19H13ClF3N3O5. The first kappa shape index (κ1) is 22.2. The number of carboxylic acid groups (broad SMARTS) is 1. The smallest absolute Gasteiger partial charge is 0.416 e. The van der Waals surface area contributed by atoms with Crippen LogP contribution in [0.15, 0.2) is 24.3 Å². The molecule has 1 aliphatic rings. The van der Waals surface area contributed by atoms with Gasteiger partial charge in [-0.3, -0.25) is 24.1 Å². The van der Waals surface area contributed by atoms with Crippen LogP contribution in [0.25, 0.3) is 0 Å². The second kappa shape index (κ2) is 7.99. The van der Waals surface area contributed by atoms with Crippen LogP contribution < -0.4 is 5.32 Å². The number of pyridine rings is 1. The van der Waals surface area contributed by atoms with Crippen LogP contribution in [0.2, 0.25) is 5.15 Å². The number of alkyl halides is 3. The predicted octanol–water partition coefficient (Wildman–Crippen LogP) is 3.39. The molecule has 1 aromatic heterocycles. The zero-order valence-corrected chi connectivity index (χ0v) is 16.5. The number of benzene rings is 1. The molecule has 0 fully saturated rings. The molecule has 12 heteroatoms. The number of halogens is 4. The Balaban J connectivity index is 1.95. The summed E-state index contributed by atoms with van der Waals surface area (Å²) in [5.74, 6) is -3.79. The Morgan fingerprint density at radius 2 is 1.71 bits per heavy atom. The number of carboxylic acids is 1. The van der Waals surface area contributed by atoms with Crippen LogP contribution in [0.3, 0.4) is 0 Å². The lowest BCUT2D eigenvalue weighted by molar-refractivity contribution is -0.138. The summed E-state index contributed by atoms with van der Waals surface area (Å²) in [6, 6.07) is 3.38. The monoisotopic (exact) mass is 455 g/mol.